The molecular formula is C30H35Cl2N3O2. The van der Waals surface area contributed by atoms with Crippen molar-refractivity contribution in [1.82, 2.24) is 14.8 Å². The number of amides is 1. The van der Waals surface area contributed by atoms with E-state index in [9.17, 15) is 9.90 Å². The van der Waals surface area contributed by atoms with Gasteiger partial charge in [0.1, 0.15) is 0 Å². The first-order valence-corrected chi connectivity index (χ1v) is 14.2. The van der Waals surface area contributed by atoms with Gasteiger partial charge >= 0.3 is 0 Å². The lowest BCUT2D eigenvalue weighted by Crippen LogP contribution is -2.52. The lowest BCUT2D eigenvalue weighted by atomic mass is 9.80. The number of benzene rings is 2. The van der Waals surface area contributed by atoms with E-state index in [1.165, 1.54) is 5.56 Å². The highest BCUT2D eigenvalue weighted by Crippen LogP contribution is 2.32. The Morgan fingerprint density at radius 1 is 1.03 bits per heavy atom. The van der Waals surface area contributed by atoms with Gasteiger partial charge in [-0.05, 0) is 79.8 Å². The Morgan fingerprint density at radius 3 is 2.54 bits per heavy atom. The van der Waals surface area contributed by atoms with Crippen LogP contribution in [-0.4, -0.2) is 64.6 Å². The van der Waals surface area contributed by atoms with Crippen LogP contribution in [0.4, 0.5) is 0 Å². The summed E-state index contributed by atoms with van der Waals surface area (Å²) in [7, 11) is 0. The molecule has 196 valence electrons. The van der Waals surface area contributed by atoms with Crippen molar-refractivity contribution in [2.24, 2.45) is 11.8 Å². The summed E-state index contributed by atoms with van der Waals surface area (Å²) in [6, 6.07) is 14.2. The molecule has 2 aromatic carbocycles. The number of piperidine rings is 2. The molecule has 5 rings (SSSR count). The minimum absolute atomic E-state index is 0.127. The summed E-state index contributed by atoms with van der Waals surface area (Å²) < 4.78 is 0. The number of aromatic nitrogens is 1. The molecule has 2 fully saturated rings. The maximum atomic E-state index is 13.7. The summed E-state index contributed by atoms with van der Waals surface area (Å²) in [6.45, 7) is 5.71. The number of para-hydroxylation sites is 1. The van der Waals surface area contributed by atoms with E-state index in [1.807, 2.05) is 53.6 Å². The highest BCUT2D eigenvalue weighted by Gasteiger charge is 2.35. The molecule has 37 heavy (non-hydrogen) atoms. The van der Waals surface area contributed by atoms with Gasteiger partial charge in [0.25, 0.3) is 5.91 Å². The molecule has 1 unspecified atom stereocenters. The van der Waals surface area contributed by atoms with Crippen molar-refractivity contribution < 1.29 is 9.90 Å². The second-order valence-electron chi connectivity index (χ2n) is 10.5. The summed E-state index contributed by atoms with van der Waals surface area (Å²) in [5, 5.41) is 12.3. The number of rotatable bonds is 6. The largest absolute Gasteiger partial charge is 0.396 e. The van der Waals surface area contributed by atoms with Crippen LogP contribution in [0.1, 0.15) is 47.7 Å². The Kier molecular flexibility index (Phi) is 8.35. The molecular weight excluding hydrogens is 505 g/mol. The van der Waals surface area contributed by atoms with E-state index in [4.69, 9.17) is 23.2 Å². The van der Waals surface area contributed by atoms with Gasteiger partial charge in [0.15, 0.2) is 0 Å². The van der Waals surface area contributed by atoms with Gasteiger partial charge in [0.05, 0.1) is 21.1 Å². The first kappa shape index (κ1) is 26.4. The molecule has 2 aliphatic heterocycles. The Balaban J connectivity index is 1.21. The van der Waals surface area contributed by atoms with Crippen LogP contribution in [0.3, 0.4) is 0 Å². The number of halogens is 2. The van der Waals surface area contributed by atoms with Crippen molar-refractivity contribution in [3.63, 3.8) is 0 Å². The van der Waals surface area contributed by atoms with Crippen LogP contribution < -0.4 is 0 Å². The van der Waals surface area contributed by atoms with E-state index in [2.05, 4.69) is 16.8 Å². The van der Waals surface area contributed by atoms with Crippen molar-refractivity contribution in [1.29, 1.82) is 0 Å². The maximum Gasteiger partial charge on any atom is 0.254 e. The van der Waals surface area contributed by atoms with Crippen molar-refractivity contribution in [3.8, 4) is 0 Å². The number of aliphatic hydroxyl groups excluding tert-OH is 1. The van der Waals surface area contributed by atoms with E-state index in [1.54, 1.807) is 0 Å². The van der Waals surface area contributed by atoms with Gasteiger partial charge in [-0.3, -0.25) is 14.7 Å². The zero-order chi connectivity index (χ0) is 25.9. The van der Waals surface area contributed by atoms with E-state index in [0.29, 0.717) is 22.0 Å². The van der Waals surface area contributed by atoms with E-state index in [0.717, 1.165) is 80.3 Å². The van der Waals surface area contributed by atoms with Crippen LogP contribution in [0, 0.1) is 11.8 Å². The van der Waals surface area contributed by atoms with Crippen molar-refractivity contribution in [2.45, 2.75) is 45.1 Å². The monoisotopic (exact) mass is 539 g/mol. The Bertz CT molecular complexity index is 1260. The maximum absolute atomic E-state index is 13.7. The van der Waals surface area contributed by atoms with Crippen molar-refractivity contribution in [2.75, 3.05) is 32.8 Å². The number of aliphatic hydroxyl groups is 1. The molecule has 3 heterocycles. The van der Waals surface area contributed by atoms with Gasteiger partial charge in [-0.2, -0.15) is 0 Å². The second-order valence-corrected chi connectivity index (χ2v) is 11.3. The number of carbonyl (C=O) groups is 1. The van der Waals surface area contributed by atoms with E-state index in [-0.39, 0.29) is 18.4 Å². The molecule has 0 radical (unpaired) electrons. The average molecular weight is 541 g/mol. The number of hydrogen-bond acceptors (Lipinski definition) is 4. The number of nitrogens with zero attached hydrogens (tertiary/aromatic N) is 3. The predicted octanol–water partition coefficient (Wildman–Crippen LogP) is 5.88. The number of likely N-dealkylation sites (tertiary alicyclic amines) is 2. The van der Waals surface area contributed by atoms with Gasteiger partial charge < -0.3 is 10.0 Å². The molecule has 0 saturated carbocycles. The lowest BCUT2D eigenvalue weighted by molar-refractivity contribution is 0.0242. The van der Waals surface area contributed by atoms with Crippen LogP contribution in [-0.2, 0) is 12.8 Å². The van der Waals surface area contributed by atoms with Crippen molar-refractivity contribution in [3.05, 3.63) is 75.4 Å². The average Bonchev–Trinajstić information content (AvgIpc) is 2.94. The first-order chi connectivity index (χ1) is 18.0. The van der Waals surface area contributed by atoms with Gasteiger partial charge in [-0.15, -0.1) is 0 Å². The molecule has 0 aliphatic carbocycles. The first-order valence-electron chi connectivity index (χ1n) is 13.4. The second kappa shape index (κ2) is 11.7. The number of aryl methyl sites for hydroxylation is 1. The molecule has 2 atom stereocenters. The van der Waals surface area contributed by atoms with Gasteiger partial charge in [-0.1, -0.05) is 54.4 Å². The molecule has 1 N–H and O–H groups in total. The molecule has 0 bridgehead atoms. The fourth-order valence-corrected chi connectivity index (χ4v) is 6.50. The zero-order valence-corrected chi connectivity index (χ0v) is 22.9. The summed E-state index contributed by atoms with van der Waals surface area (Å²) in [4.78, 5) is 22.8. The topological polar surface area (TPSA) is 56.7 Å². The number of hydrogen-bond donors (Lipinski definition) is 1. The van der Waals surface area contributed by atoms with Crippen LogP contribution in [0.2, 0.25) is 10.0 Å². The molecule has 1 amide bonds. The van der Waals surface area contributed by atoms with Crippen molar-refractivity contribution >= 4 is 40.0 Å². The van der Waals surface area contributed by atoms with Gasteiger partial charge in [0, 0.05) is 43.9 Å². The smallest absolute Gasteiger partial charge is 0.254 e. The molecule has 7 heteroatoms. The summed E-state index contributed by atoms with van der Waals surface area (Å²) in [5.41, 5.74) is 3.88. The van der Waals surface area contributed by atoms with Gasteiger partial charge in [0.2, 0.25) is 0 Å². The standard InChI is InChI=1S/C30H35Cl2N3O2/c1-2-21-17-33-28-6-4-3-5-25(28)29(21)30(37)34-13-10-24(11-14-34)35-12-9-22(23(18-35)19-36)15-20-7-8-26(31)27(32)16-20/h3-8,16-17,22-24,36H,2,9-15,18-19H2,1H3/t22?,23-/m0/s1. The molecule has 1 aromatic heterocycles. The Hall–Kier alpha value is -2.18. The molecule has 3 aromatic rings. The van der Waals surface area contributed by atoms with Gasteiger partial charge in [-0.25, -0.2) is 0 Å². The Labute approximate surface area is 229 Å². The van der Waals surface area contributed by atoms with E-state index < -0.39 is 0 Å². The Morgan fingerprint density at radius 2 is 1.81 bits per heavy atom. The summed E-state index contributed by atoms with van der Waals surface area (Å²) in [6.07, 6.45) is 6.53. The highest BCUT2D eigenvalue weighted by atomic mass is 35.5. The third kappa shape index (κ3) is 5.65. The van der Waals surface area contributed by atoms with Crippen LogP contribution in [0.5, 0.6) is 0 Å². The number of carbonyl (C=O) groups excluding carboxylic acids is 1. The minimum Gasteiger partial charge on any atom is -0.396 e. The van der Waals surface area contributed by atoms with Crippen LogP contribution >= 0.6 is 23.2 Å². The molecule has 5 nitrogen and oxygen atoms in total. The quantitative estimate of drug-likeness (QED) is 0.424. The molecule has 0 spiro atoms. The zero-order valence-electron chi connectivity index (χ0n) is 21.4. The normalized spacial score (nSPS) is 21.5. The minimum atomic E-state index is 0.127. The summed E-state index contributed by atoms with van der Waals surface area (Å²) in [5.74, 6) is 0.785. The number of pyridine rings is 1. The van der Waals surface area contributed by atoms with E-state index >= 15 is 0 Å². The predicted molar refractivity (Wildman–Crippen MR) is 150 cm³/mol. The lowest BCUT2D eigenvalue weighted by Gasteiger charge is -2.44. The summed E-state index contributed by atoms with van der Waals surface area (Å²) >= 11 is 12.3. The molecule has 2 saturated heterocycles. The molecule has 2 aliphatic rings. The fourth-order valence-electron chi connectivity index (χ4n) is 6.18. The van der Waals surface area contributed by atoms with Crippen LogP contribution in [0.15, 0.2) is 48.7 Å². The number of fused-ring (bicyclic) bond motifs is 1. The third-order valence-electron chi connectivity index (χ3n) is 8.36. The van der Waals surface area contributed by atoms with Crippen LogP contribution in [0.25, 0.3) is 10.9 Å². The third-order valence-corrected chi connectivity index (χ3v) is 9.10. The SMILES string of the molecule is CCc1cnc2ccccc2c1C(=O)N1CCC(N2CCC(Cc3ccc(Cl)c(Cl)c3)[C@H](CO)C2)CC1. The highest BCUT2D eigenvalue weighted by molar-refractivity contribution is 6.42. The fraction of sp³-hybridized carbons (Fsp3) is 0.467.